The van der Waals surface area contributed by atoms with Crippen LogP contribution in [-0.2, 0) is 35.1 Å². The second kappa shape index (κ2) is 18.6. The van der Waals surface area contributed by atoms with E-state index < -0.39 is 27.7 Å². The number of rotatable bonds is 11. The number of nitro benzene ring substituents is 1. The maximum atomic E-state index is 13.0. The molecule has 0 amide bonds. The molecule has 1 saturated heterocycles. The molecule has 1 aromatic carbocycles. The van der Waals surface area contributed by atoms with Crippen LogP contribution in [0.1, 0.15) is 74.8 Å². The molecule has 0 radical (unpaired) electrons. The number of carbonyl (C=O) groups excluding carboxylic acids is 3. The first-order valence-electron chi connectivity index (χ1n) is 17.1. The quantitative estimate of drug-likeness (QED) is 0.106. The van der Waals surface area contributed by atoms with Gasteiger partial charge in [-0.3, -0.25) is 44.1 Å². The molecule has 0 atom stereocenters. The molecule has 1 heterocycles. The van der Waals surface area contributed by atoms with Crippen LogP contribution in [0.15, 0.2) is 30.5 Å². The van der Waals surface area contributed by atoms with Crippen LogP contribution >= 0.6 is 0 Å². The van der Waals surface area contributed by atoms with Crippen molar-refractivity contribution in [2.45, 2.75) is 92.6 Å². The lowest BCUT2D eigenvalue weighted by atomic mass is 10.1. The highest BCUT2D eigenvalue weighted by molar-refractivity contribution is 5.73. The van der Waals surface area contributed by atoms with Gasteiger partial charge in [0.2, 0.25) is 0 Å². The van der Waals surface area contributed by atoms with Gasteiger partial charge in [-0.2, -0.15) is 0 Å². The lowest BCUT2D eigenvalue weighted by molar-refractivity contribution is -0.385. The molecule has 14 heteroatoms. The summed E-state index contributed by atoms with van der Waals surface area (Å²) in [6.07, 6.45) is 0. The van der Waals surface area contributed by atoms with Gasteiger partial charge in [0.15, 0.2) is 0 Å². The third kappa shape index (κ3) is 17.9. The van der Waals surface area contributed by atoms with E-state index in [1.54, 1.807) is 13.0 Å². The Bertz CT molecular complexity index is 1330. The molecule has 1 aromatic rings. The number of nitro groups is 1. The Morgan fingerprint density at radius 2 is 1.10 bits per heavy atom. The molecule has 1 aliphatic rings. The van der Waals surface area contributed by atoms with Gasteiger partial charge in [0.25, 0.3) is 5.69 Å². The molecule has 2 rings (SSSR count). The monoisotopic (exact) mass is 705 g/mol. The highest BCUT2D eigenvalue weighted by Crippen LogP contribution is 2.29. The zero-order chi connectivity index (χ0) is 37.9. The molecule has 1 aliphatic heterocycles. The summed E-state index contributed by atoms with van der Waals surface area (Å²) in [5, 5.41) is 11.7. The normalized spacial score (nSPS) is 16.8. The third-order valence-corrected chi connectivity index (χ3v) is 7.18. The maximum Gasteiger partial charge on any atom is 0.325 e. The minimum Gasteiger partial charge on any atom is -0.488 e. The molecule has 0 bridgehead atoms. The second-order valence-electron chi connectivity index (χ2n) is 15.7. The first-order chi connectivity index (χ1) is 23.0. The standard InChI is InChI=1S/C36H59N5O9/c1-27(2)47-31(42)24-38-16-14-37(23-28-22-29(41(45)46)12-13-30(28)48-34(3,4)5)15-17-39(25-32(43)49-35(6,7)8)20-21-40(19-18-38)26-33(44)50-36(9,10)11/h12-13,22H,1,14-21,23-26H2,2-11H3. The van der Waals surface area contributed by atoms with Gasteiger partial charge in [-0.25, -0.2) is 0 Å². The first kappa shape index (κ1) is 42.6. The average molecular weight is 706 g/mol. The van der Waals surface area contributed by atoms with Crippen molar-refractivity contribution in [1.29, 1.82) is 0 Å². The summed E-state index contributed by atoms with van der Waals surface area (Å²) in [7, 11) is 0. The maximum absolute atomic E-state index is 13.0. The van der Waals surface area contributed by atoms with E-state index in [1.165, 1.54) is 12.1 Å². The summed E-state index contributed by atoms with van der Waals surface area (Å²) >= 11 is 0. The summed E-state index contributed by atoms with van der Waals surface area (Å²) in [6.45, 7) is 26.0. The zero-order valence-corrected chi connectivity index (χ0v) is 31.8. The summed E-state index contributed by atoms with van der Waals surface area (Å²) in [4.78, 5) is 58.0. The summed E-state index contributed by atoms with van der Waals surface area (Å²) < 4.78 is 22.7. The summed E-state index contributed by atoms with van der Waals surface area (Å²) in [5.74, 6) is -0.346. The second-order valence-corrected chi connectivity index (χ2v) is 15.7. The predicted molar refractivity (Wildman–Crippen MR) is 191 cm³/mol. The number of non-ortho nitro benzene ring substituents is 1. The molecule has 14 nitrogen and oxygen atoms in total. The fourth-order valence-electron chi connectivity index (χ4n) is 5.21. The Hall–Kier alpha value is -3.59. The number of ether oxygens (including phenoxy) is 4. The van der Waals surface area contributed by atoms with E-state index >= 15 is 0 Å². The van der Waals surface area contributed by atoms with Crippen LogP contribution in [0.3, 0.4) is 0 Å². The largest absolute Gasteiger partial charge is 0.488 e. The first-order valence-corrected chi connectivity index (χ1v) is 17.1. The number of hydrogen-bond acceptors (Lipinski definition) is 13. The number of esters is 3. The number of allylic oxidation sites excluding steroid dienone is 1. The van der Waals surface area contributed by atoms with Gasteiger partial charge in [-0.15, -0.1) is 0 Å². The Kier molecular flexibility index (Phi) is 15.8. The summed E-state index contributed by atoms with van der Waals surface area (Å²) in [6, 6.07) is 4.59. The van der Waals surface area contributed by atoms with Crippen molar-refractivity contribution in [3.63, 3.8) is 0 Å². The van der Waals surface area contributed by atoms with Crippen molar-refractivity contribution < 1.29 is 38.3 Å². The molecule has 0 aromatic heterocycles. The summed E-state index contributed by atoms with van der Waals surface area (Å²) in [5.41, 5.74) is -1.24. The Labute approximate surface area is 297 Å². The molecular formula is C36H59N5O9. The molecule has 0 aliphatic carbocycles. The third-order valence-electron chi connectivity index (χ3n) is 7.18. The highest BCUT2D eigenvalue weighted by atomic mass is 16.6. The number of hydrogen-bond donors (Lipinski definition) is 0. The van der Waals surface area contributed by atoms with Gasteiger partial charge in [-0.05, 0) is 75.3 Å². The molecule has 282 valence electrons. The van der Waals surface area contributed by atoms with E-state index in [-0.39, 0.29) is 37.3 Å². The van der Waals surface area contributed by atoms with Crippen LogP contribution < -0.4 is 4.74 Å². The van der Waals surface area contributed by atoms with Crippen LogP contribution in [0, 0.1) is 10.1 Å². The minimum atomic E-state index is -0.654. The Balaban J connectivity index is 2.46. The van der Waals surface area contributed by atoms with Crippen molar-refractivity contribution in [3.8, 4) is 5.75 Å². The van der Waals surface area contributed by atoms with E-state index in [9.17, 15) is 24.5 Å². The number of carbonyl (C=O) groups is 3. The average Bonchev–Trinajstić information content (AvgIpc) is 2.91. The van der Waals surface area contributed by atoms with Gasteiger partial charge in [-0.1, -0.05) is 6.58 Å². The van der Waals surface area contributed by atoms with Gasteiger partial charge < -0.3 is 18.9 Å². The molecule has 1 fully saturated rings. The predicted octanol–water partition coefficient (Wildman–Crippen LogP) is 4.25. The molecular weight excluding hydrogens is 646 g/mol. The van der Waals surface area contributed by atoms with Crippen LogP contribution in [0.4, 0.5) is 5.69 Å². The van der Waals surface area contributed by atoms with Gasteiger partial charge in [0.05, 0.1) is 30.3 Å². The van der Waals surface area contributed by atoms with E-state index in [2.05, 4.69) is 11.5 Å². The molecule has 50 heavy (non-hydrogen) atoms. The zero-order valence-electron chi connectivity index (χ0n) is 31.8. The number of nitrogens with zero attached hydrogens (tertiary/aromatic N) is 5. The van der Waals surface area contributed by atoms with Crippen molar-refractivity contribution in [1.82, 2.24) is 19.6 Å². The van der Waals surface area contributed by atoms with Gasteiger partial charge in [0, 0.05) is 76.6 Å². The van der Waals surface area contributed by atoms with E-state index in [4.69, 9.17) is 18.9 Å². The Morgan fingerprint density at radius 3 is 1.46 bits per heavy atom. The number of benzene rings is 1. The van der Waals surface area contributed by atoms with Gasteiger partial charge in [0.1, 0.15) is 22.6 Å². The fraction of sp³-hybridized carbons (Fsp3) is 0.694. The Morgan fingerprint density at radius 1 is 0.700 bits per heavy atom. The lowest BCUT2D eigenvalue weighted by Gasteiger charge is -2.34. The smallest absolute Gasteiger partial charge is 0.325 e. The molecule has 0 spiro atoms. The van der Waals surface area contributed by atoms with Gasteiger partial charge >= 0.3 is 17.9 Å². The van der Waals surface area contributed by atoms with Crippen molar-refractivity contribution in [2.75, 3.05) is 72.0 Å². The van der Waals surface area contributed by atoms with Crippen molar-refractivity contribution in [3.05, 3.63) is 46.2 Å². The van der Waals surface area contributed by atoms with Crippen molar-refractivity contribution in [2.24, 2.45) is 0 Å². The molecule has 0 unspecified atom stereocenters. The lowest BCUT2D eigenvalue weighted by Crippen LogP contribution is -2.49. The minimum absolute atomic E-state index is 0.000933. The fourth-order valence-corrected chi connectivity index (χ4v) is 5.21. The van der Waals surface area contributed by atoms with Crippen LogP contribution in [0.5, 0.6) is 5.75 Å². The van der Waals surface area contributed by atoms with Crippen LogP contribution in [0.2, 0.25) is 0 Å². The SMILES string of the molecule is C=C(C)OC(=O)CN1CCN(CC(=O)OC(C)(C)C)CCN(CC(=O)OC(C)(C)C)CCN(Cc2cc([N+](=O)[O-])ccc2OC(C)(C)C)CC1. The topological polar surface area (TPSA) is 144 Å². The van der Waals surface area contributed by atoms with Crippen molar-refractivity contribution >= 4 is 23.6 Å². The molecule has 0 saturated carbocycles. The highest BCUT2D eigenvalue weighted by Gasteiger charge is 2.26. The van der Waals surface area contributed by atoms with Crippen LogP contribution in [-0.4, -0.2) is 131 Å². The van der Waals surface area contributed by atoms with E-state index in [1.807, 2.05) is 77.0 Å². The van der Waals surface area contributed by atoms with E-state index in [0.717, 1.165) is 0 Å². The van der Waals surface area contributed by atoms with Crippen LogP contribution in [0.25, 0.3) is 0 Å². The van der Waals surface area contributed by atoms with E-state index in [0.29, 0.717) is 76.0 Å². The molecule has 0 N–H and O–H groups in total.